The Morgan fingerprint density at radius 2 is 1.38 bits per heavy atom. The van der Waals surface area contributed by atoms with Crippen molar-refractivity contribution in [1.82, 2.24) is 0 Å². The predicted octanol–water partition coefficient (Wildman–Crippen LogP) is 2.09. The van der Waals surface area contributed by atoms with Gasteiger partial charge in [0, 0.05) is 4.53 Å². The fourth-order valence-corrected chi connectivity index (χ4v) is 0.697. The monoisotopic (exact) mass is 199 g/mol. The first-order chi connectivity index (χ1) is 6.00. The van der Waals surface area contributed by atoms with Crippen molar-refractivity contribution in [3.05, 3.63) is 23.3 Å². The first kappa shape index (κ1) is 9.56. The number of hydrogen-bond acceptors (Lipinski definition) is 2. The van der Waals surface area contributed by atoms with Crippen LogP contribution in [0.3, 0.4) is 0 Å². The molecule has 0 aliphatic rings. The molecule has 72 valence electrons. The highest BCUT2D eigenvalue weighted by Gasteiger charge is 2.25. The number of benzene rings is 1. The van der Waals surface area contributed by atoms with E-state index in [0.717, 1.165) is 0 Å². The average molecular weight is 199 g/mol. The van der Waals surface area contributed by atoms with E-state index in [0.29, 0.717) is 0 Å². The van der Waals surface area contributed by atoms with E-state index in [1.807, 2.05) is 0 Å². The van der Waals surface area contributed by atoms with Gasteiger partial charge in [0.05, 0.1) is 0 Å². The summed E-state index contributed by atoms with van der Waals surface area (Å²) in [5.74, 6) is -9.63. The summed E-state index contributed by atoms with van der Waals surface area (Å²) in [6.07, 6.45) is 0. The third kappa shape index (κ3) is 1.25. The molecule has 1 aromatic carbocycles. The maximum atomic E-state index is 12.6. The molecule has 0 fully saturated rings. The van der Waals surface area contributed by atoms with Gasteiger partial charge < -0.3 is 5.73 Å². The summed E-state index contributed by atoms with van der Waals surface area (Å²) in [5.41, 5.74) is 3.28. The smallest absolute Gasteiger partial charge is 0.248 e. The lowest BCUT2D eigenvalue weighted by molar-refractivity contribution is -0.0161. The lowest BCUT2D eigenvalue weighted by atomic mass is 10.2. The van der Waals surface area contributed by atoms with Crippen molar-refractivity contribution in [2.45, 2.75) is 0 Å². The topological polar surface area (TPSA) is 35.2 Å². The van der Waals surface area contributed by atoms with Gasteiger partial charge in [-0.25, -0.2) is 13.2 Å². The SMILES string of the molecule is Nc1c(F)c(F)c(F)c(OF)c1F. The van der Waals surface area contributed by atoms with Gasteiger partial charge in [0.25, 0.3) is 0 Å². The summed E-state index contributed by atoms with van der Waals surface area (Å²) >= 11 is 0. The number of rotatable bonds is 1. The van der Waals surface area contributed by atoms with Crippen molar-refractivity contribution in [3.8, 4) is 5.75 Å². The van der Waals surface area contributed by atoms with Gasteiger partial charge in [-0.3, -0.25) is 4.94 Å². The molecule has 0 bridgehead atoms. The number of nitrogens with two attached hydrogens (primary N) is 1. The first-order valence-corrected chi connectivity index (χ1v) is 2.90. The Morgan fingerprint density at radius 1 is 0.846 bits per heavy atom. The van der Waals surface area contributed by atoms with Gasteiger partial charge in [0.15, 0.2) is 11.6 Å². The Morgan fingerprint density at radius 3 is 1.85 bits per heavy atom. The average Bonchev–Trinajstić information content (AvgIpc) is 2.13. The van der Waals surface area contributed by atoms with Crippen LogP contribution in [0.5, 0.6) is 5.75 Å². The van der Waals surface area contributed by atoms with E-state index >= 15 is 0 Å². The second-order valence-corrected chi connectivity index (χ2v) is 2.08. The molecule has 0 aliphatic heterocycles. The van der Waals surface area contributed by atoms with E-state index in [4.69, 9.17) is 0 Å². The van der Waals surface area contributed by atoms with E-state index in [1.165, 1.54) is 0 Å². The predicted molar refractivity (Wildman–Crippen MR) is 32.4 cm³/mol. The van der Waals surface area contributed by atoms with Crippen LogP contribution < -0.4 is 10.7 Å². The van der Waals surface area contributed by atoms with E-state index in [2.05, 4.69) is 10.7 Å². The van der Waals surface area contributed by atoms with Gasteiger partial charge in [-0.15, -0.1) is 0 Å². The van der Waals surface area contributed by atoms with Crippen molar-refractivity contribution < 1.29 is 27.0 Å². The molecule has 7 heteroatoms. The lowest BCUT2D eigenvalue weighted by Crippen LogP contribution is -2.04. The summed E-state index contributed by atoms with van der Waals surface area (Å²) in [6.45, 7) is 0. The lowest BCUT2D eigenvalue weighted by Gasteiger charge is -2.04. The van der Waals surface area contributed by atoms with E-state index in [1.54, 1.807) is 0 Å². The fourth-order valence-electron chi connectivity index (χ4n) is 0.697. The van der Waals surface area contributed by atoms with Crippen molar-refractivity contribution in [2.75, 3.05) is 5.73 Å². The summed E-state index contributed by atoms with van der Waals surface area (Å²) < 4.78 is 61.2. The normalized spacial score (nSPS) is 10.2. The van der Waals surface area contributed by atoms with Crippen LogP contribution >= 0.6 is 0 Å². The van der Waals surface area contributed by atoms with Gasteiger partial charge in [-0.1, -0.05) is 0 Å². The zero-order valence-corrected chi connectivity index (χ0v) is 5.88. The molecule has 0 radical (unpaired) electrons. The Kier molecular flexibility index (Phi) is 2.26. The molecule has 0 amide bonds. The molecular weight excluding hydrogens is 197 g/mol. The van der Waals surface area contributed by atoms with Crippen LogP contribution in [0.1, 0.15) is 0 Å². The Labute approximate surface area is 68.6 Å². The summed E-state index contributed by atoms with van der Waals surface area (Å²) in [6, 6.07) is 0. The number of anilines is 1. The van der Waals surface area contributed by atoms with Crippen molar-refractivity contribution in [1.29, 1.82) is 0 Å². The van der Waals surface area contributed by atoms with Gasteiger partial charge in [-0.2, -0.15) is 4.39 Å². The summed E-state index contributed by atoms with van der Waals surface area (Å²) in [5, 5.41) is 0. The third-order valence-electron chi connectivity index (χ3n) is 1.33. The summed E-state index contributed by atoms with van der Waals surface area (Å²) in [4.78, 5) is 2.66. The molecule has 13 heavy (non-hydrogen) atoms. The van der Waals surface area contributed by atoms with Crippen molar-refractivity contribution in [3.63, 3.8) is 0 Å². The van der Waals surface area contributed by atoms with Crippen molar-refractivity contribution >= 4 is 5.69 Å². The van der Waals surface area contributed by atoms with Crippen LogP contribution in [0.4, 0.5) is 27.8 Å². The Balaban J connectivity index is 3.56. The molecule has 1 rings (SSSR count). The van der Waals surface area contributed by atoms with Crippen LogP contribution in [-0.4, -0.2) is 0 Å². The molecule has 0 atom stereocenters. The van der Waals surface area contributed by atoms with Crippen LogP contribution in [-0.2, 0) is 0 Å². The zero-order chi connectivity index (χ0) is 10.2. The molecule has 0 saturated carbocycles. The largest absolute Gasteiger partial charge is 0.394 e. The standard InChI is InChI=1S/C6H2F5NO/c7-1-2(8)5(12)4(10)6(13-11)3(1)9/h12H2. The molecule has 2 nitrogen and oxygen atoms in total. The Bertz CT molecular complexity index is 324. The second kappa shape index (κ2) is 3.08. The van der Waals surface area contributed by atoms with Gasteiger partial charge in [0.2, 0.25) is 17.4 Å². The molecule has 0 aliphatic carbocycles. The maximum absolute atomic E-state index is 12.6. The minimum atomic E-state index is -2.10. The third-order valence-corrected chi connectivity index (χ3v) is 1.33. The Hall–Kier alpha value is -1.53. The minimum Gasteiger partial charge on any atom is -0.394 e. The van der Waals surface area contributed by atoms with Gasteiger partial charge in [-0.05, 0) is 0 Å². The van der Waals surface area contributed by atoms with Crippen LogP contribution in [0, 0.1) is 23.3 Å². The highest BCUT2D eigenvalue weighted by atomic mass is 19.3. The van der Waals surface area contributed by atoms with E-state index in [-0.39, 0.29) is 0 Å². The zero-order valence-electron chi connectivity index (χ0n) is 5.88. The van der Waals surface area contributed by atoms with Crippen LogP contribution in [0.2, 0.25) is 0 Å². The molecule has 2 N–H and O–H groups in total. The number of halogens is 5. The van der Waals surface area contributed by atoms with Crippen molar-refractivity contribution in [2.24, 2.45) is 0 Å². The van der Waals surface area contributed by atoms with Gasteiger partial charge in [0.1, 0.15) is 5.69 Å². The molecule has 0 unspecified atom stereocenters. The van der Waals surface area contributed by atoms with E-state index < -0.39 is 34.7 Å². The first-order valence-electron chi connectivity index (χ1n) is 2.90. The molecule has 0 spiro atoms. The molecule has 0 saturated heterocycles. The molecular formula is C6H2F5NO. The van der Waals surface area contributed by atoms with Crippen LogP contribution in [0.15, 0.2) is 0 Å². The second-order valence-electron chi connectivity index (χ2n) is 2.08. The molecule has 0 aromatic heterocycles. The number of hydrogen-bond donors (Lipinski definition) is 1. The van der Waals surface area contributed by atoms with Crippen LogP contribution in [0.25, 0.3) is 0 Å². The molecule has 1 aromatic rings. The highest BCUT2D eigenvalue weighted by Crippen LogP contribution is 2.31. The fraction of sp³-hybridized carbons (Fsp3) is 0. The summed E-state index contributed by atoms with van der Waals surface area (Å²) in [7, 11) is 0. The minimum absolute atomic E-state index is 1.34. The number of nitrogen functional groups attached to an aromatic ring is 1. The maximum Gasteiger partial charge on any atom is 0.248 e. The molecule has 0 heterocycles. The van der Waals surface area contributed by atoms with E-state index in [9.17, 15) is 22.1 Å². The van der Waals surface area contributed by atoms with Gasteiger partial charge >= 0.3 is 0 Å². The highest BCUT2D eigenvalue weighted by molar-refractivity contribution is 5.48. The quantitative estimate of drug-likeness (QED) is 0.325.